The van der Waals surface area contributed by atoms with Crippen molar-refractivity contribution in [3.05, 3.63) is 70.5 Å². The maximum atomic E-state index is 13.5. The Labute approximate surface area is 205 Å². The van der Waals surface area contributed by atoms with Crippen molar-refractivity contribution >= 4 is 34.5 Å². The molecule has 1 saturated heterocycles. The molecule has 1 aromatic heterocycles. The van der Waals surface area contributed by atoms with Crippen molar-refractivity contribution in [3.8, 4) is 0 Å². The number of benzene rings is 2. The fourth-order valence-corrected chi connectivity index (χ4v) is 5.28. The Morgan fingerprint density at radius 1 is 1.06 bits per heavy atom. The summed E-state index contributed by atoms with van der Waals surface area (Å²) in [5.74, 6) is 2.92. The minimum absolute atomic E-state index is 0.00606. The predicted molar refractivity (Wildman–Crippen MR) is 142 cm³/mol. The fourth-order valence-electron chi connectivity index (χ4n) is 4.44. The molecular weight excluding hydrogens is 444 g/mol. The van der Waals surface area contributed by atoms with Crippen LogP contribution in [0.2, 0.25) is 0 Å². The van der Waals surface area contributed by atoms with E-state index in [4.69, 9.17) is 4.98 Å². The first-order chi connectivity index (χ1) is 16.7. The fraction of sp³-hybridized carbons (Fsp3) is 0.444. The number of anilines is 1. The molecule has 7 heteroatoms. The summed E-state index contributed by atoms with van der Waals surface area (Å²) in [4.78, 5) is 32.9. The van der Waals surface area contributed by atoms with Crippen molar-refractivity contribution < 1.29 is 4.79 Å². The topological polar surface area (TPSA) is 67.2 Å². The van der Waals surface area contributed by atoms with Crippen LogP contribution in [0, 0.1) is 5.92 Å². The molecule has 0 radical (unpaired) electrons. The lowest BCUT2D eigenvalue weighted by molar-refractivity contribution is -0.125. The van der Waals surface area contributed by atoms with Crippen LogP contribution in [0.1, 0.15) is 38.2 Å². The second kappa shape index (κ2) is 12.1. The molecule has 0 aliphatic carbocycles. The zero-order chi connectivity index (χ0) is 23.8. The monoisotopic (exact) mass is 478 g/mol. The van der Waals surface area contributed by atoms with E-state index in [2.05, 4.69) is 17.1 Å². The Morgan fingerprint density at radius 2 is 1.79 bits per heavy atom. The minimum Gasteiger partial charge on any atom is -0.356 e. The highest BCUT2D eigenvalue weighted by molar-refractivity contribution is 7.99. The van der Waals surface area contributed by atoms with Gasteiger partial charge in [0.25, 0.3) is 5.56 Å². The van der Waals surface area contributed by atoms with Crippen LogP contribution in [0.4, 0.5) is 5.82 Å². The zero-order valence-corrected chi connectivity index (χ0v) is 20.7. The van der Waals surface area contributed by atoms with Crippen LogP contribution in [-0.4, -0.2) is 46.6 Å². The largest absolute Gasteiger partial charge is 0.356 e. The maximum Gasteiger partial charge on any atom is 0.294 e. The van der Waals surface area contributed by atoms with E-state index in [0.29, 0.717) is 25.5 Å². The molecule has 180 valence electrons. The van der Waals surface area contributed by atoms with Gasteiger partial charge in [-0.15, -0.1) is 0 Å². The van der Waals surface area contributed by atoms with Gasteiger partial charge >= 0.3 is 0 Å². The lowest BCUT2D eigenvalue weighted by atomic mass is 9.96. The van der Waals surface area contributed by atoms with Crippen molar-refractivity contribution in [1.82, 2.24) is 14.9 Å². The summed E-state index contributed by atoms with van der Waals surface area (Å²) in [5.41, 5.74) is 2.66. The summed E-state index contributed by atoms with van der Waals surface area (Å²) >= 11 is 1.95. The zero-order valence-electron chi connectivity index (χ0n) is 19.9. The quantitative estimate of drug-likeness (QED) is 0.440. The SMILES string of the molecule is CCCSCCCNC(=O)C1CCN(c2nc3ccccc3n(Cc3ccccc3)c2=O)CC1. The highest BCUT2D eigenvalue weighted by Gasteiger charge is 2.27. The van der Waals surface area contributed by atoms with Gasteiger partial charge in [0, 0.05) is 25.6 Å². The van der Waals surface area contributed by atoms with Gasteiger partial charge in [-0.1, -0.05) is 49.4 Å². The second-order valence-electron chi connectivity index (χ2n) is 8.82. The summed E-state index contributed by atoms with van der Waals surface area (Å²) in [5, 5.41) is 3.10. The summed E-state index contributed by atoms with van der Waals surface area (Å²) in [6, 6.07) is 17.8. The molecule has 1 aliphatic rings. The number of thioether (sulfide) groups is 1. The van der Waals surface area contributed by atoms with Crippen LogP contribution in [0.25, 0.3) is 11.0 Å². The third-order valence-electron chi connectivity index (χ3n) is 6.30. The van der Waals surface area contributed by atoms with E-state index in [1.807, 2.05) is 70.9 Å². The van der Waals surface area contributed by atoms with E-state index in [9.17, 15) is 9.59 Å². The van der Waals surface area contributed by atoms with Crippen LogP contribution in [0.5, 0.6) is 0 Å². The molecule has 0 bridgehead atoms. The number of aromatic nitrogens is 2. The van der Waals surface area contributed by atoms with Crippen LogP contribution >= 0.6 is 11.8 Å². The number of rotatable bonds is 10. The summed E-state index contributed by atoms with van der Waals surface area (Å²) in [7, 11) is 0. The first-order valence-electron chi connectivity index (χ1n) is 12.3. The number of hydrogen-bond donors (Lipinski definition) is 1. The van der Waals surface area contributed by atoms with Crippen LogP contribution in [0.3, 0.4) is 0 Å². The predicted octanol–water partition coefficient (Wildman–Crippen LogP) is 4.31. The van der Waals surface area contributed by atoms with Gasteiger partial charge in [-0.3, -0.25) is 14.2 Å². The average molecular weight is 479 g/mol. The summed E-state index contributed by atoms with van der Waals surface area (Å²) in [6.45, 7) is 4.76. The van der Waals surface area contributed by atoms with Crippen molar-refractivity contribution in [1.29, 1.82) is 0 Å². The molecule has 0 atom stereocenters. The van der Waals surface area contributed by atoms with Gasteiger partial charge in [-0.05, 0) is 54.9 Å². The van der Waals surface area contributed by atoms with Crippen molar-refractivity contribution in [2.75, 3.05) is 36.0 Å². The molecule has 1 amide bonds. The third-order valence-corrected chi connectivity index (χ3v) is 7.57. The van der Waals surface area contributed by atoms with Gasteiger partial charge in [0.2, 0.25) is 5.91 Å². The number of piperidine rings is 1. The molecule has 0 unspecified atom stereocenters. The van der Waals surface area contributed by atoms with Gasteiger partial charge in [0.15, 0.2) is 5.82 Å². The van der Waals surface area contributed by atoms with Crippen LogP contribution in [0.15, 0.2) is 59.4 Å². The van der Waals surface area contributed by atoms with E-state index in [1.54, 1.807) is 0 Å². The lowest BCUT2D eigenvalue weighted by Crippen LogP contribution is -2.43. The smallest absolute Gasteiger partial charge is 0.294 e. The first-order valence-corrected chi connectivity index (χ1v) is 13.5. The van der Waals surface area contributed by atoms with Crippen molar-refractivity contribution in [2.45, 2.75) is 39.2 Å². The average Bonchev–Trinajstić information content (AvgIpc) is 2.88. The lowest BCUT2D eigenvalue weighted by Gasteiger charge is -2.32. The second-order valence-corrected chi connectivity index (χ2v) is 10.0. The molecule has 4 rings (SSSR count). The molecule has 2 heterocycles. The van der Waals surface area contributed by atoms with E-state index in [0.717, 1.165) is 48.2 Å². The molecule has 1 fully saturated rings. The highest BCUT2D eigenvalue weighted by atomic mass is 32.2. The van der Waals surface area contributed by atoms with Crippen LogP contribution < -0.4 is 15.8 Å². The number of carbonyl (C=O) groups is 1. The molecule has 3 aromatic rings. The first kappa shape index (κ1) is 24.3. The minimum atomic E-state index is -0.0740. The number of amides is 1. The van der Waals surface area contributed by atoms with Gasteiger partial charge < -0.3 is 10.2 Å². The Kier molecular flexibility index (Phi) is 8.63. The summed E-state index contributed by atoms with van der Waals surface area (Å²) < 4.78 is 1.82. The highest BCUT2D eigenvalue weighted by Crippen LogP contribution is 2.22. The van der Waals surface area contributed by atoms with Crippen molar-refractivity contribution in [2.24, 2.45) is 5.92 Å². The maximum absolute atomic E-state index is 13.5. The number of nitrogens with one attached hydrogen (secondary N) is 1. The number of carbonyl (C=O) groups excluding carboxylic acids is 1. The van der Waals surface area contributed by atoms with Gasteiger partial charge in [-0.25, -0.2) is 4.98 Å². The third kappa shape index (κ3) is 6.00. The Bertz CT molecular complexity index is 1140. The Balaban J connectivity index is 1.43. The molecular formula is C27H34N4O2S. The van der Waals surface area contributed by atoms with E-state index >= 15 is 0 Å². The van der Waals surface area contributed by atoms with E-state index < -0.39 is 0 Å². The molecule has 34 heavy (non-hydrogen) atoms. The Hall–Kier alpha value is -2.80. The molecule has 0 spiro atoms. The Morgan fingerprint density at radius 3 is 2.56 bits per heavy atom. The summed E-state index contributed by atoms with van der Waals surface area (Å²) in [6.07, 6.45) is 3.68. The standard InChI is InChI=1S/C27H34N4O2S/c1-2-18-34-19-8-15-28-26(32)22-13-16-30(17-14-22)25-27(33)31(20-21-9-4-3-5-10-21)24-12-7-6-11-23(24)29-25/h3-7,9-12,22H,2,8,13-20H2,1H3,(H,28,32). The molecule has 6 nitrogen and oxygen atoms in total. The van der Waals surface area contributed by atoms with Gasteiger partial charge in [-0.2, -0.15) is 11.8 Å². The van der Waals surface area contributed by atoms with Gasteiger partial charge in [0.1, 0.15) is 0 Å². The number of nitrogens with zero attached hydrogens (tertiary/aromatic N) is 3. The normalized spacial score (nSPS) is 14.4. The van der Waals surface area contributed by atoms with Gasteiger partial charge in [0.05, 0.1) is 17.6 Å². The van der Waals surface area contributed by atoms with Crippen molar-refractivity contribution in [3.63, 3.8) is 0 Å². The molecule has 1 N–H and O–H groups in total. The van der Waals surface area contributed by atoms with E-state index in [1.165, 1.54) is 12.2 Å². The van der Waals surface area contributed by atoms with E-state index in [-0.39, 0.29) is 17.4 Å². The number of para-hydroxylation sites is 2. The number of fused-ring (bicyclic) bond motifs is 1. The molecule has 2 aromatic carbocycles. The van der Waals surface area contributed by atoms with Crippen LogP contribution in [-0.2, 0) is 11.3 Å². The molecule has 0 saturated carbocycles. The number of hydrogen-bond acceptors (Lipinski definition) is 5. The molecule has 1 aliphatic heterocycles.